The van der Waals surface area contributed by atoms with Gasteiger partial charge in [-0.25, -0.2) is 4.98 Å². The van der Waals surface area contributed by atoms with Crippen LogP contribution < -0.4 is 11.1 Å². The summed E-state index contributed by atoms with van der Waals surface area (Å²) in [7, 11) is 5.10. The largest absolute Gasteiger partial charge is 0.388 e. The predicted octanol–water partition coefficient (Wildman–Crippen LogP) is 2.33. The van der Waals surface area contributed by atoms with E-state index in [1.54, 1.807) is 20.4 Å². The van der Waals surface area contributed by atoms with E-state index in [4.69, 9.17) is 5.73 Å². The molecule has 7 nitrogen and oxygen atoms in total. The minimum atomic E-state index is -0.449. The van der Waals surface area contributed by atoms with Crippen LogP contribution in [0.1, 0.15) is 63.3 Å². The Morgan fingerprint density at radius 1 is 1.38 bits per heavy atom. The Labute approximate surface area is 158 Å². The lowest BCUT2D eigenvalue weighted by Crippen LogP contribution is -2.44. The molecule has 0 aliphatic rings. The van der Waals surface area contributed by atoms with Crippen LogP contribution in [0.3, 0.4) is 0 Å². The molecule has 1 heterocycles. The number of ether oxygens (including phenoxy) is 1. The quantitative estimate of drug-likeness (QED) is 0.540. The van der Waals surface area contributed by atoms with Crippen molar-refractivity contribution < 1.29 is 14.3 Å². The van der Waals surface area contributed by atoms with E-state index in [2.05, 4.69) is 28.9 Å². The molecule has 0 bridgehead atoms. The van der Waals surface area contributed by atoms with Crippen molar-refractivity contribution in [1.82, 2.24) is 14.9 Å². The van der Waals surface area contributed by atoms with Crippen LogP contribution in [0.25, 0.3) is 0 Å². The number of carbonyl (C=O) groups excluding carboxylic acids is 2. The molecular weight excluding hydrogens is 332 g/mol. The summed E-state index contributed by atoms with van der Waals surface area (Å²) >= 11 is 0. The average Bonchev–Trinajstić information content (AvgIpc) is 2.98. The third-order valence-corrected chi connectivity index (χ3v) is 3.55. The van der Waals surface area contributed by atoms with Gasteiger partial charge in [-0.2, -0.15) is 0 Å². The standard InChI is InChI=1S/C14H24N4O2.C3H8.C2H6O/c1-4-10(2)13(15)14(20)16-7-5-6-12-17-11(9-19)8-18(12)3;2*1-3-2/h8-10,13H,4-7,15H2,1-3H3,(H,16,20);3H2,1-2H3;1-2H3. The number of rotatable bonds is 8. The fraction of sp³-hybridized carbons (Fsp3) is 0.737. The Bertz CT molecular complexity index is 487. The molecule has 3 N–H and O–H groups in total. The minimum absolute atomic E-state index is 0.104. The highest BCUT2D eigenvalue weighted by atomic mass is 16.4. The molecule has 0 saturated carbocycles. The van der Waals surface area contributed by atoms with Gasteiger partial charge < -0.3 is 20.4 Å². The Kier molecular flexibility index (Phi) is 17.0. The van der Waals surface area contributed by atoms with Gasteiger partial charge >= 0.3 is 0 Å². The molecule has 2 atom stereocenters. The highest BCUT2D eigenvalue weighted by Gasteiger charge is 2.18. The second kappa shape index (κ2) is 16.7. The molecule has 1 aromatic rings. The second-order valence-corrected chi connectivity index (χ2v) is 6.23. The van der Waals surface area contributed by atoms with Gasteiger partial charge in [0.05, 0.1) is 6.04 Å². The minimum Gasteiger partial charge on any atom is -0.388 e. The Morgan fingerprint density at radius 3 is 2.35 bits per heavy atom. The molecule has 0 aliphatic carbocycles. The van der Waals surface area contributed by atoms with E-state index in [0.29, 0.717) is 18.7 Å². The molecule has 0 fully saturated rings. The van der Waals surface area contributed by atoms with Crippen LogP contribution in [0.5, 0.6) is 0 Å². The summed E-state index contributed by atoms with van der Waals surface area (Å²) < 4.78 is 6.08. The summed E-state index contributed by atoms with van der Waals surface area (Å²) in [6, 6.07) is -0.449. The first-order valence-corrected chi connectivity index (χ1v) is 9.23. The zero-order valence-electron chi connectivity index (χ0n) is 17.5. The average molecular weight is 371 g/mol. The van der Waals surface area contributed by atoms with Gasteiger partial charge in [-0.15, -0.1) is 0 Å². The molecule has 7 heteroatoms. The highest BCUT2D eigenvalue weighted by molar-refractivity contribution is 5.81. The lowest BCUT2D eigenvalue weighted by Gasteiger charge is -2.17. The van der Waals surface area contributed by atoms with Crippen molar-refractivity contribution in [3.63, 3.8) is 0 Å². The number of hydrogen-bond acceptors (Lipinski definition) is 5. The van der Waals surface area contributed by atoms with Crippen molar-refractivity contribution >= 4 is 12.2 Å². The number of amides is 1. The molecule has 0 radical (unpaired) electrons. The zero-order chi connectivity index (χ0) is 20.5. The fourth-order valence-corrected chi connectivity index (χ4v) is 1.91. The number of methoxy groups -OCH3 is 1. The maximum Gasteiger partial charge on any atom is 0.237 e. The third kappa shape index (κ3) is 11.8. The van der Waals surface area contributed by atoms with Crippen molar-refractivity contribution in [2.45, 2.75) is 59.4 Å². The van der Waals surface area contributed by atoms with Crippen LogP contribution in [-0.4, -0.2) is 48.6 Å². The van der Waals surface area contributed by atoms with E-state index < -0.39 is 6.04 Å². The van der Waals surface area contributed by atoms with Crippen LogP contribution >= 0.6 is 0 Å². The Hall–Kier alpha value is -1.73. The fourth-order valence-electron chi connectivity index (χ4n) is 1.91. The lowest BCUT2D eigenvalue weighted by atomic mass is 9.99. The van der Waals surface area contributed by atoms with Gasteiger partial charge in [0, 0.05) is 40.4 Å². The molecule has 1 aromatic heterocycles. The summed E-state index contributed by atoms with van der Waals surface area (Å²) in [6.45, 7) is 8.80. The van der Waals surface area contributed by atoms with E-state index in [9.17, 15) is 9.59 Å². The van der Waals surface area contributed by atoms with Crippen molar-refractivity contribution in [3.8, 4) is 0 Å². The molecule has 1 amide bonds. The van der Waals surface area contributed by atoms with Crippen LogP contribution in [0.2, 0.25) is 0 Å². The number of aromatic nitrogens is 2. The van der Waals surface area contributed by atoms with E-state index in [1.165, 1.54) is 6.42 Å². The topological polar surface area (TPSA) is 99.2 Å². The maximum absolute atomic E-state index is 11.8. The number of hydrogen-bond donors (Lipinski definition) is 2. The van der Waals surface area contributed by atoms with Gasteiger partial charge in [0.1, 0.15) is 11.5 Å². The summed E-state index contributed by atoms with van der Waals surface area (Å²) in [4.78, 5) is 26.6. The number of nitrogens with zero attached hydrogens (tertiary/aromatic N) is 2. The van der Waals surface area contributed by atoms with Gasteiger partial charge in [-0.3, -0.25) is 9.59 Å². The maximum atomic E-state index is 11.8. The molecule has 2 unspecified atom stereocenters. The zero-order valence-corrected chi connectivity index (χ0v) is 17.5. The molecule has 152 valence electrons. The van der Waals surface area contributed by atoms with Gasteiger partial charge in [0.25, 0.3) is 0 Å². The summed E-state index contributed by atoms with van der Waals surface area (Å²) in [6.07, 6.45) is 6.04. The predicted molar refractivity (Wildman–Crippen MR) is 106 cm³/mol. The first-order chi connectivity index (χ1) is 12.3. The smallest absolute Gasteiger partial charge is 0.237 e. The number of nitrogens with two attached hydrogens (primary N) is 1. The SMILES string of the molecule is CCC.CCC(C)C(N)C(=O)NCCCc1nc(C=O)cn1C.COC. The Balaban J connectivity index is 0. The summed E-state index contributed by atoms with van der Waals surface area (Å²) in [5.41, 5.74) is 6.28. The van der Waals surface area contributed by atoms with Crippen molar-refractivity contribution in [3.05, 3.63) is 17.7 Å². The normalized spacial score (nSPS) is 12.0. The molecule has 26 heavy (non-hydrogen) atoms. The summed E-state index contributed by atoms with van der Waals surface area (Å²) in [5, 5.41) is 2.84. The van der Waals surface area contributed by atoms with Crippen LogP contribution in [0, 0.1) is 5.92 Å². The Morgan fingerprint density at radius 2 is 1.92 bits per heavy atom. The van der Waals surface area contributed by atoms with Crippen molar-refractivity contribution in [2.24, 2.45) is 18.7 Å². The number of imidazole rings is 1. The van der Waals surface area contributed by atoms with E-state index in [-0.39, 0.29) is 11.8 Å². The highest BCUT2D eigenvalue weighted by Crippen LogP contribution is 2.05. The lowest BCUT2D eigenvalue weighted by molar-refractivity contribution is -0.123. The van der Waals surface area contributed by atoms with Crippen LogP contribution in [-0.2, 0) is 23.0 Å². The summed E-state index contributed by atoms with van der Waals surface area (Å²) in [5.74, 6) is 0.917. The van der Waals surface area contributed by atoms with Crippen LogP contribution in [0.4, 0.5) is 0 Å². The number of aryl methyl sites for hydroxylation is 2. The van der Waals surface area contributed by atoms with Crippen molar-refractivity contribution in [2.75, 3.05) is 20.8 Å². The second-order valence-electron chi connectivity index (χ2n) is 6.23. The van der Waals surface area contributed by atoms with Gasteiger partial charge in [0.15, 0.2) is 6.29 Å². The molecular formula is C19H38N4O3. The molecule has 1 rings (SSSR count). The van der Waals surface area contributed by atoms with Gasteiger partial charge in [0.2, 0.25) is 5.91 Å². The van der Waals surface area contributed by atoms with E-state index in [1.807, 2.05) is 25.5 Å². The number of nitrogens with one attached hydrogen (secondary N) is 1. The molecule has 0 spiro atoms. The van der Waals surface area contributed by atoms with E-state index >= 15 is 0 Å². The van der Waals surface area contributed by atoms with Gasteiger partial charge in [-0.1, -0.05) is 40.5 Å². The number of carbonyl (C=O) groups is 2. The first kappa shape index (κ1) is 26.5. The first-order valence-electron chi connectivity index (χ1n) is 9.23. The molecule has 0 aliphatic heterocycles. The van der Waals surface area contributed by atoms with Crippen LogP contribution in [0.15, 0.2) is 6.20 Å². The monoisotopic (exact) mass is 370 g/mol. The van der Waals surface area contributed by atoms with Gasteiger partial charge in [-0.05, 0) is 12.3 Å². The third-order valence-electron chi connectivity index (χ3n) is 3.55. The molecule has 0 aromatic carbocycles. The molecule has 0 saturated heterocycles. The van der Waals surface area contributed by atoms with E-state index in [0.717, 1.165) is 25.0 Å². The number of aldehydes is 1. The van der Waals surface area contributed by atoms with Crippen molar-refractivity contribution in [1.29, 1.82) is 0 Å².